The summed E-state index contributed by atoms with van der Waals surface area (Å²) in [6, 6.07) is 11.4. The van der Waals surface area contributed by atoms with Crippen LogP contribution in [0.25, 0.3) is 17.1 Å². The van der Waals surface area contributed by atoms with Crippen LogP contribution in [0.4, 0.5) is 17.2 Å². The largest absolute Gasteiger partial charge is 0.478 e. The summed E-state index contributed by atoms with van der Waals surface area (Å²) < 4.78 is 0. The number of nitro benzene ring substituents is 1. The van der Waals surface area contributed by atoms with Crippen molar-refractivity contribution >= 4 is 40.3 Å². The second-order valence-electron chi connectivity index (χ2n) is 5.11. The Labute approximate surface area is 141 Å². The molecule has 0 atom stereocenters. The lowest BCUT2D eigenvalue weighted by atomic mass is 10.2. The van der Waals surface area contributed by atoms with Crippen molar-refractivity contribution in [3.63, 3.8) is 0 Å². The Kier molecular flexibility index (Phi) is 4.34. The molecule has 0 unspecified atom stereocenters. The minimum Gasteiger partial charge on any atom is -0.478 e. The molecule has 0 spiro atoms. The first kappa shape index (κ1) is 16.1. The number of aromatic nitrogens is 2. The second-order valence-corrected chi connectivity index (χ2v) is 5.11. The molecule has 8 nitrogen and oxygen atoms in total. The molecule has 0 aliphatic rings. The van der Waals surface area contributed by atoms with E-state index in [0.29, 0.717) is 22.5 Å². The first-order valence-corrected chi connectivity index (χ1v) is 7.20. The predicted octanol–water partition coefficient (Wildman–Crippen LogP) is 3.38. The smallest absolute Gasteiger partial charge is 0.328 e. The van der Waals surface area contributed by atoms with Crippen LogP contribution in [0.5, 0.6) is 0 Å². The number of rotatable bonds is 5. The van der Waals surface area contributed by atoms with E-state index in [1.165, 1.54) is 30.5 Å². The third-order valence-corrected chi connectivity index (χ3v) is 3.31. The first-order chi connectivity index (χ1) is 12.0. The number of carboxylic acid groups (broad SMARTS) is 1. The van der Waals surface area contributed by atoms with Gasteiger partial charge in [0.15, 0.2) is 0 Å². The topological polar surface area (TPSA) is 118 Å². The molecule has 0 saturated heterocycles. The summed E-state index contributed by atoms with van der Waals surface area (Å²) >= 11 is 0. The number of fused-ring (bicyclic) bond motifs is 1. The number of hydrogen-bond donors (Lipinski definition) is 2. The van der Waals surface area contributed by atoms with Gasteiger partial charge in [0.2, 0.25) is 0 Å². The SMILES string of the molecule is O=C(O)/C=C/c1cccc(Nc2cnc3cc([N+](=O)[O-])ccc3n2)c1. The van der Waals surface area contributed by atoms with Crippen molar-refractivity contribution in [1.82, 2.24) is 9.97 Å². The average molecular weight is 336 g/mol. The van der Waals surface area contributed by atoms with Gasteiger partial charge in [0.05, 0.1) is 22.2 Å². The highest BCUT2D eigenvalue weighted by Crippen LogP contribution is 2.21. The number of non-ortho nitro benzene ring substituents is 1. The van der Waals surface area contributed by atoms with Gasteiger partial charge in [-0.25, -0.2) is 9.78 Å². The molecule has 0 fully saturated rings. The van der Waals surface area contributed by atoms with E-state index >= 15 is 0 Å². The molecule has 0 bridgehead atoms. The number of nitrogens with one attached hydrogen (secondary N) is 1. The summed E-state index contributed by atoms with van der Waals surface area (Å²) in [5, 5.41) is 22.5. The van der Waals surface area contributed by atoms with E-state index in [0.717, 1.165) is 11.6 Å². The minimum absolute atomic E-state index is 0.0413. The maximum absolute atomic E-state index is 10.8. The maximum atomic E-state index is 10.8. The molecule has 3 rings (SSSR count). The minimum atomic E-state index is -1.02. The highest BCUT2D eigenvalue weighted by atomic mass is 16.6. The standard InChI is InChI=1S/C17H12N4O4/c22-17(23)7-4-11-2-1-3-12(8-11)19-16-10-18-15-9-13(21(24)25)5-6-14(15)20-16/h1-10H,(H,19,20)(H,22,23)/b7-4+. The molecule has 0 amide bonds. The molecule has 0 radical (unpaired) electrons. The van der Waals surface area contributed by atoms with Gasteiger partial charge in [0.25, 0.3) is 5.69 Å². The van der Waals surface area contributed by atoms with Gasteiger partial charge in [0, 0.05) is 23.9 Å². The molecular formula is C17H12N4O4. The molecule has 0 saturated carbocycles. The third kappa shape index (κ3) is 3.94. The number of benzene rings is 2. The zero-order chi connectivity index (χ0) is 17.8. The monoisotopic (exact) mass is 336 g/mol. The summed E-state index contributed by atoms with van der Waals surface area (Å²) in [4.78, 5) is 29.4. The van der Waals surface area contributed by atoms with Crippen LogP contribution in [0.15, 0.2) is 54.7 Å². The van der Waals surface area contributed by atoms with E-state index in [4.69, 9.17) is 5.11 Å². The fourth-order valence-corrected chi connectivity index (χ4v) is 2.21. The summed E-state index contributed by atoms with van der Waals surface area (Å²) in [5.74, 6) is -0.548. The summed E-state index contributed by atoms with van der Waals surface area (Å²) in [6.45, 7) is 0. The van der Waals surface area contributed by atoms with Crippen LogP contribution >= 0.6 is 0 Å². The highest BCUT2D eigenvalue weighted by Gasteiger charge is 2.08. The van der Waals surface area contributed by atoms with E-state index in [2.05, 4.69) is 15.3 Å². The molecule has 2 aromatic carbocycles. The fourth-order valence-electron chi connectivity index (χ4n) is 2.21. The van der Waals surface area contributed by atoms with Crippen LogP contribution in [-0.2, 0) is 4.79 Å². The van der Waals surface area contributed by atoms with Crippen LogP contribution in [0.3, 0.4) is 0 Å². The number of carboxylic acids is 1. The summed E-state index contributed by atoms with van der Waals surface area (Å²) in [6.07, 6.45) is 4.02. The molecule has 2 N–H and O–H groups in total. The van der Waals surface area contributed by atoms with E-state index in [1.54, 1.807) is 24.3 Å². The van der Waals surface area contributed by atoms with Crippen LogP contribution in [-0.4, -0.2) is 26.0 Å². The molecule has 124 valence electrons. The number of nitro groups is 1. The van der Waals surface area contributed by atoms with Gasteiger partial charge in [-0.3, -0.25) is 15.1 Å². The highest BCUT2D eigenvalue weighted by molar-refractivity contribution is 5.85. The van der Waals surface area contributed by atoms with Crippen LogP contribution < -0.4 is 5.32 Å². The fraction of sp³-hybridized carbons (Fsp3) is 0. The van der Waals surface area contributed by atoms with E-state index in [9.17, 15) is 14.9 Å². The molecule has 1 aromatic heterocycles. The number of nitrogens with zero attached hydrogens (tertiary/aromatic N) is 3. The third-order valence-electron chi connectivity index (χ3n) is 3.31. The van der Waals surface area contributed by atoms with Crippen molar-refractivity contribution in [3.8, 4) is 0 Å². The lowest BCUT2D eigenvalue weighted by Gasteiger charge is -2.07. The van der Waals surface area contributed by atoms with Gasteiger partial charge in [0.1, 0.15) is 5.82 Å². The molecule has 0 aliphatic heterocycles. The van der Waals surface area contributed by atoms with Crippen molar-refractivity contribution in [2.45, 2.75) is 0 Å². The maximum Gasteiger partial charge on any atom is 0.328 e. The van der Waals surface area contributed by atoms with Gasteiger partial charge >= 0.3 is 5.97 Å². The van der Waals surface area contributed by atoms with Crippen molar-refractivity contribution < 1.29 is 14.8 Å². The van der Waals surface area contributed by atoms with Crippen molar-refractivity contribution in [3.05, 3.63) is 70.4 Å². The lowest BCUT2D eigenvalue weighted by Crippen LogP contribution is -1.96. The zero-order valence-corrected chi connectivity index (χ0v) is 12.8. The van der Waals surface area contributed by atoms with Crippen molar-refractivity contribution in [2.75, 3.05) is 5.32 Å². The molecule has 8 heteroatoms. The first-order valence-electron chi connectivity index (χ1n) is 7.20. The number of anilines is 2. The van der Waals surface area contributed by atoms with Crippen LogP contribution in [0, 0.1) is 10.1 Å². The quantitative estimate of drug-likeness (QED) is 0.416. The number of aliphatic carboxylic acids is 1. The van der Waals surface area contributed by atoms with Crippen molar-refractivity contribution in [1.29, 1.82) is 0 Å². The molecule has 3 aromatic rings. The van der Waals surface area contributed by atoms with Crippen LogP contribution in [0.1, 0.15) is 5.56 Å². The summed E-state index contributed by atoms with van der Waals surface area (Å²) in [5.41, 5.74) is 2.34. The Balaban J connectivity index is 1.85. The normalized spacial score (nSPS) is 10.9. The van der Waals surface area contributed by atoms with Gasteiger partial charge in [-0.1, -0.05) is 12.1 Å². The number of hydrogen-bond acceptors (Lipinski definition) is 6. The van der Waals surface area contributed by atoms with Crippen molar-refractivity contribution in [2.24, 2.45) is 0 Å². The lowest BCUT2D eigenvalue weighted by molar-refractivity contribution is -0.384. The summed E-state index contributed by atoms with van der Waals surface area (Å²) in [7, 11) is 0. The molecule has 0 aliphatic carbocycles. The average Bonchev–Trinajstić information content (AvgIpc) is 2.59. The van der Waals surface area contributed by atoms with E-state index in [-0.39, 0.29) is 5.69 Å². The second kappa shape index (κ2) is 6.75. The zero-order valence-electron chi connectivity index (χ0n) is 12.8. The Morgan fingerprint density at radius 2 is 2.04 bits per heavy atom. The van der Waals surface area contributed by atoms with Crippen LogP contribution in [0.2, 0.25) is 0 Å². The Morgan fingerprint density at radius 3 is 2.80 bits per heavy atom. The van der Waals surface area contributed by atoms with Gasteiger partial charge in [-0.15, -0.1) is 0 Å². The predicted molar refractivity (Wildman–Crippen MR) is 92.6 cm³/mol. The van der Waals surface area contributed by atoms with Gasteiger partial charge in [-0.05, 0) is 29.8 Å². The van der Waals surface area contributed by atoms with Gasteiger partial charge < -0.3 is 10.4 Å². The Bertz CT molecular complexity index is 1000. The molecule has 1 heterocycles. The number of carbonyl (C=O) groups is 1. The van der Waals surface area contributed by atoms with E-state index < -0.39 is 10.9 Å². The molecular weight excluding hydrogens is 324 g/mol. The molecule has 25 heavy (non-hydrogen) atoms. The Morgan fingerprint density at radius 1 is 1.20 bits per heavy atom. The van der Waals surface area contributed by atoms with Gasteiger partial charge in [-0.2, -0.15) is 0 Å². The van der Waals surface area contributed by atoms with E-state index in [1.807, 2.05) is 0 Å². The Hall–Kier alpha value is -3.81.